The third kappa shape index (κ3) is 5.73. The summed E-state index contributed by atoms with van der Waals surface area (Å²) in [5, 5.41) is 14.8. The minimum Gasteiger partial charge on any atom is -0.372 e. The van der Waals surface area contributed by atoms with Crippen molar-refractivity contribution in [1.29, 1.82) is 0 Å². The molecule has 3 aromatic rings. The second kappa shape index (κ2) is 9.70. The number of anilines is 1. The lowest BCUT2D eigenvalue weighted by Crippen LogP contribution is -2.56. The Morgan fingerprint density at radius 3 is 2.57 bits per heavy atom. The van der Waals surface area contributed by atoms with E-state index < -0.39 is 48.8 Å². The molecule has 3 aromatic heterocycles. The maximum Gasteiger partial charge on any atom is 0.417 e. The number of thiazole rings is 1. The van der Waals surface area contributed by atoms with Crippen LogP contribution < -0.4 is 5.32 Å². The molecule has 7 nitrogen and oxygen atoms in total. The fraction of sp³-hybridized carbons (Fsp3) is 0.455. The van der Waals surface area contributed by atoms with Crippen molar-refractivity contribution in [2.75, 3.05) is 18.4 Å². The van der Waals surface area contributed by atoms with Crippen LogP contribution in [0.25, 0.3) is 10.7 Å². The monoisotopic (exact) mass is 514 g/mol. The Morgan fingerprint density at radius 1 is 1.23 bits per heavy atom. The van der Waals surface area contributed by atoms with E-state index in [1.807, 2.05) is 0 Å². The number of aromatic nitrogens is 4. The number of pyridine rings is 1. The van der Waals surface area contributed by atoms with Gasteiger partial charge in [-0.25, -0.2) is 28.7 Å². The average Bonchev–Trinajstić information content (AvgIpc) is 3.19. The number of rotatable bonds is 6. The summed E-state index contributed by atoms with van der Waals surface area (Å²) in [4.78, 5) is 18.3. The van der Waals surface area contributed by atoms with Gasteiger partial charge in [0.15, 0.2) is 12.1 Å². The summed E-state index contributed by atoms with van der Waals surface area (Å²) in [6, 6.07) is 3.13. The Kier molecular flexibility index (Phi) is 7.02. The molecule has 0 aromatic carbocycles. The Labute approximate surface area is 202 Å². The fourth-order valence-electron chi connectivity index (χ4n) is 4.20. The molecule has 0 aliphatic carbocycles. The molecule has 0 amide bonds. The van der Waals surface area contributed by atoms with Crippen molar-refractivity contribution >= 4 is 17.2 Å². The van der Waals surface area contributed by atoms with Crippen LogP contribution in [0.5, 0.6) is 0 Å². The summed E-state index contributed by atoms with van der Waals surface area (Å²) < 4.78 is 67.5. The normalized spacial score (nSPS) is 21.6. The third-order valence-corrected chi connectivity index (χ3v) is 6.77. The lowest BCUT2D eigenvalue weighted by atomic mass is 9.88. The molecule has 1 aliphatic rings. The zero-order chi connectivity index (χ0) is 25.4. The highest BCUT2D eigenvalue weighted by Gasteiger charge is 2.47. The van der Waals surface area contributed by atoms with E-state index in [0.29, 0.717) is 21.9 Å². The van der Waals surface area contributed by atoms with Crippen LogP contribution in [-0.2, 0) is 6.18 Å². The quantitative estimate of drug-likeness (QED) is 0.458. The molecule has 1 aliphatic heterocycles. The van der Waals surface area contributed by atoms with Crippen LogP contribution in [-0.4, -0.2) is 55.0 Å². The molecule has 4 heterocycles. The van der Waals surface area contributed by atoms with E-state index in [1.54, 1.807) is 19.9 Å². The molecule has 2 unspecified atom stereocenters. The molecule has 3 atom stereocenters. The van der Waals surface area contributed by atoms with E-state index in [9.17, 15) is 27.1 Å². The van der Waals surface area contributed by atoms with E-state index in [2.05, 4.69) is 25.3 Å². The first-order valence-corrected chi connectivity index (χ1v) is 11.6. The van der Waals surface area contributed by atoms with Gasteiger partial charge in [0, 0.05) is 37.6 Å². The Hall–Kier alpha value is -2.77. The summed E-state index contributed by atoms with van der Waals surface area (Å²) in [5.74, 6) is -3.10. The molecule has 4 rings (SSSR count). The van der Waals surface area contributed by atoms with Crippen LogP contribution in [0.15, 0.2) is 36.8 Å². The average molecular weight is 515 g/mol. The Morgan fingerprint density at radius 2 is 1.94 bits per heavy atom. The second-order valence-corrected chi connectivity index (χ2v) is 9.68. The van der Waals surface area contributed by atoms with Crippen LogP contribution in [0, 0.1) is 12.8 Å². The summed E-state index contributed by atoms with van der Waals surface area (Å²) >= 11 is 1.25. The highest BCUT2D eigenvalue weighted by Crippen LogP contribution is 2.41. The van der Waals surface area contributed by atoms with Crippen LogP contribution in [0.3, 0.4) is 0 Å². The number of alkyl halides is 5. The summed E-state index contributed by atoms with van der Waals surface area (Å²) in [6.45, 7) is 2.74. The fourth-order valence-corrected chi connectivity index (χ4v) is 5.09. The number of nitrogens with zero attached hydrogens (tertiary/aromatic N) is 5. The lowest BCUT2D eigenvalue weighted by molar-refractivity contribution is -0.152. The molecule has 188 valence electrons. The van der Waals surface area contributed by atoms with E-state index in [1.165, 1.54) is 34.7 Å². The van der Waals surface area contributed by atoms with Gasteiger partial charge in [0.05, 0.1) is 22.0 Å². The number of aliphatic hydroxyl groups excluding tert-OH is 1. The van der Waals surface area contributed by atoms with E-state index >= 15 is 0 Å². The van der Waals surface area contributed by atoms with Crippen molar-refractivity contribution in [1.82, 2.24) is 24.8 Å². The van der Waals surface area contributed by atoms with Gasteiger partial charge in [-0.2, -0.15) is 13.2 Å². The number of nitrogens with one attached hydrogen (secondary N) is 1. The molecule has 2 N–H and O–H groups in total. The summed E-state index contributed by atoms with van der Waals surface area (Å²) in [7, 11) is 0. The molecule has 0 radical (unpaired) electrons. The number of likely N-dealkylation sites (tertiary alicyclic amines) is 1. The molecule has 13 heteroatoms. The van der Waals surface area contributed by atoms with E-state index in [4.69, 9.17) is 0 Å². The molecule has 1 fully saturated rings. The van der Waals surface area contributed by atoms with E-state index in [0.717, 1.165) is 6.07 Å². The molecule has 1 saturated heterocycles. The number of hydrogen-bond donors (Lipinski definition) is 2. The number of halogens is 5. The van der Waals surface area contributed by atoms with Gasteiger partial charge in [-0.3, -0.25) is 4.90 Å². The summed E-state index contributed by atoms with van der Waals surface area (Å²) in [6.07, 6.45) is -2.60. The Balaban J connectivity index is 1.59. The first-order chi connectivity index (χ1) is 16.4. The predicted octanol–water partition coefficient (Wildman–Crippen LogP) is 4.77. The SMILES string of the molecule is Cc1nc(C(O)N2CC(F)(F)C[C@@H](C)C2CNc2ccc(C(F)(F)F)cn2)c(-c2ncccn2)s1. The standard InChI is InChI=1S/C22H23F5N6OS/c1-12-8-21(23,24)11-33(15(12)10-31-16-5-4-14(9-30-16)22(25,26)27)20(34)17-18(35-13(2)32-17)19-28-6-3-7-29-19/h3-7,9,12,15,20,34H,8,10-11H2,1-2H3,(H,30,31)/t12-,15?,20?/m1/s1. The van der Waals surface area contributed by atoms with Crippen molar-refractivity contribution in [3.8, 4) is 10.7 Å². The van der Waals surface area contributed by atoms with Gasteiger partial charge >= 0.3 is 6.18 Å². The largest absolute Gasteiger partial charge is 0.417 e. The molecular weight excluding hydrogens is 491 g/mol. The van der Waals surface area contributed by atoms with Gasteiger partial charge < -0.3 is 10.4 Å². The minimum absolute atomic E-state index is 0.0763. The topological polar surface area (TPSA) is 87.1 Å². The predicted molar refractivity (Wildman–Crippen MR) is 120 cm³/mol. The third-order valence-electron chi connectivity index (χ3n) is 5.79. The van der Waals surface area contributed by atoms with Gasteiger partial charge in [-0.05, 0) is 31.0 Å². The van der Waals surface area contributed by atoms with Crippen molar-refractivity contribution in [2.24, 2.45) is 5.92 Å². The smallest absolute Gasteiger partial charge is 0.372 e. The van der Waals surface area contributed by atoms with Gasteiger partial charge in [0.25, 0.3) is 5.92 Å². The van der Waals surface area contributed by atoms with Gasteiger partial charge in [-0.1, -0.05) is 6.92 Å². The number of hydrogen-bond acceptors (Lipinski definition) is 8. The lowest BCUT2D eigenvalue weighted by Gasteiger charge is -2.45. The van der Waals surface area contributed by atoms with Crippen LogP contribution in [0.4, 0.5) is 27.8 Å². The van der Waals surface area contributed by atoms with Crippen molar-refractivity contribution in [3.05, 3.63) is 53.1 Å². The zero-order valence-corrected chi connectivity index (χ0v) is 19.6. The number of aliphatic hydroxyl groups is 1. The highest BCUT2D eigenvalue weighted by molar-refractivity contribution is 7.15. The molecule has 0 saturated carbocycles. The van der Waals surface area contributed by atoms with Gasteiger partial charge in [-0.15, -0.1) is 11.3 Å². The maximum absolute atomic E-state index is 14.6. The van der Waals surface area contributed by atoms with Crippen molar-refractivity contribution in [3.63, 3.8) is 0 Å². The highest BCUT2D eigenvalue weighted by atomic mass is 32.1. The van der Waals surface area contributed by atoms with Gasteiger partial charge in [0.1, 0.15) is 11.5 Å². The second-order valence-electron chi connectivity index (χ2n) is 8.48. The van der Waals surface area contributed by atoms with Crippen LogP contribution in [0.1, 0.15) is 35.8 Å². The van der Waals surface area contributed by atoms with Crippen molar-refractivity contribution < 1.29 is 27.1 Å². The maximum atomic E-state index is 14.6. The van der Waals surface area contributed by atoms with Gasteiger partial charge in [0.2, 0.25) is 0 Å². The minimum atomic E-state index is -4.51. The zero-order valence-electron chi connectivity index (χ0n) is 18.8. The van der Waals surface area contributed by atoms with E-state index in [-0.39, 0.29) is 18.1 Å². The molecular formula is C22H23F5N6OS. The number of piperidine rings is 1. The molecule has 0 bridgehead atoms. The first-order valence-electron chi connectivity index (χ1n) is 10.8. The molecule has 35 heavy (non-hydrogen) atoms. The van der Waals surface area contributed by atoms with Crippen LogP contribution >= 0.6 is 11.3 Å². The summed E-state index contributed by atoms with van der Waals surface area (Å²) in [5.41, 5.74) is -0.707. The number of aryl methyl sites for hydroxylation is 1. The van der Waals surface area contributed by atoms with Crippen molar-refractivity contribution in [2.45, 2.75) is 44.6 Å². The van der Waals surface area contributed by atoms with Crippen LogP contribution in [0.2, 0.25) is 0 Å². The molecule has 0 spiro atoms. The Bertz CT molecular complexity index is 1140. The first kappa shape index (κ1) is 25.3.